The van der Waals surface area contributed by atoms with E-state index in [2.05, 4.69) is 86.2 Å². The highest BCUT2D eigenvalue weighted by Crippen LogP contribution is 2.29. The molecule has 0 radical (unpaired) electrons. The van der Waals surface area contributed by atoms with Crippen LogP contribution in [0.2, 0.25) is 0 Å². The smallest absolute Gasteiger partial charge is 0.199 e. The lowest BCUT2D eigenvalue weighted by Gasteiger charge is -2.29. The van der Waals surface area contributed by atoms with Crippen LogP contribution >= 0.6 is 0 Å². The van der Waals surface area contributed by atoms with Crippen molar-refractivity contribution in [1.82, 2.24) is 29.7 Å². The average molecular weight is 477 g/mol. The van der Waals surface area contributed by atoms with Crippen molar-refractivity contribution in [1.29, 1.82) is 0 Å². The van der Waals surface area contributed by atoms with Crippen LogP contribution in [0.15, 0.2) is 47.4 Å². The Morgan fingerprint density at radius 2 is 1.91 bits per heavy atom. The molecule has 1 aromatic carbocycles. The van der Waals surface area contributed by atoms with E-state index in [4.69, 9.17) is 0 Å². The van der Waals surface area contributed by atoms with Crippen molar-refractivity contribution >= 4 is 28.8 Å². The van der Waals surface area contributed by atoms with E-state index in [1.807, 2.05) is 12.1 Å². The van der Waals surface area contributed by atoms with E-state index in [-0.39, 0.29) is 5.88 Å². The quantitative estimate of drug-likeness (QED) is 0.495. The Balaban J connectivity index is 1.68. The lowest BCUT2D eigenvalue weighted by molar-refractivity contribution is 0.265. The molecule has 0 saturated carbocycles. The number of likely N-dealkylation sites (N-methyl/N-ethyl adjacent to an activating group) is 3. The van der Waals surface area contributed by atoms with E-state index in [1.54, 1.807) is 6.21 Å². The lowest BCUT2D eigenvalue weighted by atomic mass is 10.2. The number of rotatable bonds is 1. The van der Waals surface area contributed by atoms with Gasteiger partial charge >= 0.3 is 0 Å². The Hall–Kier alpha value is -3.43. The maximum absolute atomic E-state index is 10.6. The van der Waals surface area contributed by atoms with Crippen molar-refractivity contribution in [2.45, 2.75) is 19.9 Å². The van der Waals surface area contributed by atoms with E-state index >= 15 is 0 Å². The van der Waals surface area contributed by atoms with E-state index < -0.39 is 0 Å². The van der Waals surface area contributed by atoms with Gasteiger partial charge in [-0.3, -0.25) is 9.89 Å². The van der Waals surface area contributed by atoms with Gasteiger partial charge < -0.3 is 25.2 Å². The molecule has 186 valence electrons. The Morgan fingerprint density at radius 1 is 1.06 bits per heavy atom. The molecule has 35 heavy (non-hydrogen) atoms. The Labute approximate surface area is 207 Å². The number of aromatic hydroxyl groups is 1. The second-order valence-electron chi connectivity index (χ2n) is 9.19. The summed E-state index contributed by atoms with van der Waals surface area (Å²) < 4.78 is 0. The number of aromatic amines is 1. The maximum Gasteiger partial charge on any atom is 0.199 e. The molecule has 0 amide bonds. The van der Waals surface area contributed by atoms with E-state index in [0.717, 1.165) is 56.8 Å². The number of nitrogens with one attached hydrogen (secondary N) is 2. The van der Waals surface area contributed by atoms with Crippen LogP contribution in [0.5, 0.6) is 5.88 Å². The van der Waals surface area contributed by atoms with Gasteiger partial charge in [-0.15, -0.1) is 0 Å². The summed E-state index contributed by atoms with van der Waals surface area (Å²) in [6, 6.07) is 8.20. The number of H-pyrrole nitrogens is 1. The van der Waals surface area contributed by atoms with Crippen molar-refractivity contribution in [2.24, 2.45) is 4.99 Å². The van der Waals surface area contributed by atoms with Gasteiger partial charge in [0.1, 0.15) is 17.8 Å². The molecule has 1 aliphatic heterocycles. The highest BCUT2D eigenvalue weighted by molar-refractivity contribution is 6.06. The highest BCUT2D eigenvalue weighted by Gasteiger charge is 2.16. The first-order chi connectivity index (χ1) is 16.9. The van der Waals surface area contributed by atoms with E-state index in [0.29, 0.717) is 17.0 Å². The zero-order valence-corrected chi connectivity index (χ0v) is 21.1. The molecule has 2 aromatic heterocycles. The number of fused-ring (bicyclic) bond motifs is 2. The van der Waals surface area contributed by atoms with Gasteiger partial charge in [0, 0.05) is 58.2 Å². The summed E-state index contributed by atoms with van der Waals surface area (Å²) in [5.74, 6) is 0.712. The van der Waals surface area contributed by atoms with E-state index in [1.165, 1.54) is 17.6 Å². The molecule has 3 N–H and O–H groups in total. The minimum Gasteiger partial charge on any atom is -0.494 e. The van der Waals surface area contributed by atoms with Crippen molar-refractivity contribution in [3.8, 4) is 5.88 Å². The summed E-state index contributed by atoms with van der Waals surface area (Å²) in [6.07, 6.45) is 6.51. The Bertz CT molecular complexity index is 1200. The SMILES string of the molecule is CCC=C1CN(C)Cc2cccc(c2)N=Cc2c(O)[nH]c3ncnc(c23)NCCN(C)CCN1C. The van der Waals surface area contributed by atoms with Crippen molar-refractivity contribution < 1.29 is 5.11 Å². The van der Waals surface area contributed by atoms with Gasteiger partial charge in [-0.2, -0.15) is 0 Å². The summed E-state index contributed by atoms with van der Waals surface area (Å²) in [5, 5.41) is 14.7. The molecule has 0 atom stereocenters. The molecule has 0 spiro atoms. The van der Waals surface area contributed by atoms with Gasteiger partial charge in [-0.05, 0) is 38.2 Å². The van der Waals surface area contributed by atoms with Gasteiger partial charge in [0.05, 0.1) is 16.6 Å². The first-order valence-electron chi connectivity index (χ1n) is 12.1. The molecule has 4 rings (SSSR count). The first-order valence-corrected chi connectivity index (χ1v) is 12.1. The first kappa shape index (κ1) is 24.7. The fourth-order valence-corrected chi connectivity index (χ4v) is 4.33. The Morgan fingerprint density at radius 3 is 2.74 bits per heavy atom. The molecule has 1 aliphatic rings. The third-order valence-corrected chi connectivity index (χ3v) is 6.28. The minimum absolute atomic E-state index is 0.0319. The van der Waals surface area contributed by atoms with Gasteiger partial charge in [0.25, 0.3) is 0 Å². The van der Waals surface area contributed by atoms with Crippen molar-refractivity contribution in [2.75, 3.05) is 59.2 Å². The van der Waals surface area contributed by atoms with Crippen molar-refractivity contribution in [3.63, 3.8) is 0 Å². The number of aliphatic imine (C=N–C) groups is 1. The van der Waals surface area contributed by atoms with Crippen LogP contribution in [0.25, 0.3) is 11.0 Å². The predicted molar refractivity (Wildman–Crippen MR) is 143 cm³/mol. The van der Waals surface area contributed by atoms with Crippen LogP contribution in [0, 0.1) is 0 Å². The number of hydrogen-bond acceptors (Lipinski definition) is 8. The van der Waals surface area contributed by atoms with Gasteiger partial charge in [0.2, 0.25) is 0 Å². The molecule has 2 bridgehead atoms. The Kier molecular flexibility index (Phi) is 7.99. The summed E-state index contributed by atoms with van der Waals surface area (Å²) in [6.45, 7) is 7.37. The second kappa shape index (κ2) is 11.3. The topological polar surface area (TPSA) is 95.9 Å². The van der Waals surface area contributed by atoms with E-state index in [9.17, 15) is 5.11 Å². The van der Waals surface area contributed by atoms with Gasteiger partial charge in [-0.25, -0.2) is 9.97 Å². The second-order valence-corrected chi connectivity index (χ2v) is 9.19. The minimum atomic E-state index is 0.0319. The molecule has 0 saturated heterocycles. The third kappa shape index (κ3) is 6.17. The molecule has 3 heterocycles. The standard InChI is InChI=1S/C26H36N8O/c1-5-7-21-17-33(3)16-19-8-6-9-20(14-19)28-15-22-23-24(29-18-30-25(23)31-26(22)35)27-10-11-32(2)12-13-34(21)4/h6-9,14-15,18,35H,5,10-13,16-17H2,1-4H3,(H2,27,29,30,31). The maximum atomic E-state index is 10.6. The average Bonchev–Trinajstić information content (AvgIpc) is 3.16. The fraction of sp³-hybridized carbons (Fsp3) is 0.423. The summed E-state index contributed by atoms with van der Waals surface area (Å²) >= 11 is 0. The van der Waals surface area contributed by atoms with Crippen LogP contribution < -0.4 is 5.32 Å². The number of hydrogen-bond donors (Lipinski definition) is 3. The number of allylic oxidation sites excluding steroid dienone is 1. The fourth-order valence-electron chi connectivity index (χ4n) is 4.33. The number of aromatic nitrogens is 3. The van der Waals surface area contributed by atoms with Crippen LogP contribution in [-0.4, -0.2) is 94.8 Å². The molecule has 0 aliphatic carbocycles. The highest BCUT2D eigenvalue weighted by atomic mass is 16.3. The van der Waals surface area contributed by atoms with Crippen LogP contribution in [-0.2, 0) is 6.54 Å². The lowest BCUT2D eigenvalue weighted by Crippen LogP contribution is -2.35. The molecule has 0 unspecified atom stereocenters. The van der Waals surface area contributed by atoms with Crippen LogP contribution in [0.1, 0.15) is 24.5 Å². The normalized spacial score (nSPS) is 18.3. The molecule has 9 nitrogen and oxygen atoms in total. The van der Waals surface area contributed by atoms with Gasteiger partial charge in [0.15, 0.2) is 5.88 Å². The molecular formula is C26H36N8O. The molecule has 9 heteroatoms. The molecule has 3 aromatic rings. The van der Waals surface area contributed by atoms with Crippen LogP contribution in [0.3, 0.4) is 0 Å². The zero-order chi connectivity index (χ0) is 24.8. The number of benzene rings is 1. The number of nitrogens with zero attached hydrogens (tertiary/aromatic N) is 6. The monoisotopic (exact) mass is 476 g/mol. The largest absolute Gasteiger partial charge is 0.494 e. The summed E-state index contributed by atoms with van der Waals surface area (Å²) in [7, 11) is 6.46. The summed E-state index contributed by atoms with van der Waals surface area (Å²) in [5.41, 5.74) is 4.51. The molecular weight excluding hydrogens is 440 g/mol. The molecule has 0 fully saturated rings. The summed E-state index contributed by atoms with van der Waals surface area (Å²) in [4.78, 5) is 23.3. The van der Waals surface area contributed by atoms with Gasteiger partial charge in [-0.1, -0.05) is 25.1 Å². The zero-order valence-electron chi connectivity index (χ0n) is 21.1. The van der Waals surface area contributed by atoms with Crippen molar-refractivity contribution in [3.05, 3.63) is 53.5 Å². The number of anilines is 1. The predicted octanol–water partition coefficient (Wildman–Crippen LogP) is 3.43. The van der Waals surface area contributed by atoms with Crippen LogP contribution in [0.4, 0.5) is 11.5 Å². The third-order valence-electron chi connectivity index (χ3n) is 6.28.